The third-order valence-corrected chi connectivity index (χ3v) is 3.07. The summed E-state index contributed by atoms with van der Waals surface area (Å²) in [4.78, 5) is 10.3. The zero-order valence-corrected chi connectivity index (χ0v) is 14.4. The van der Waals surface area contributed by atoms with Gasteiger partial charge in [-0.3, -0.25) is 4.79 Å². The smallest absolute Gasteiger partial charge is 0.303 e. The minimum atomic E-state index is -0.785. The Hall–Kier alpha value is -1.91. The quantitative estimate of drug-likeness (QED) is 0.271. The Labute approximate surface area is 145 Å². The zero-order valence-electron chi connectivity index (χ0n) is 14.4. The second-order valence-corrected chi connectivity index (χ2v) is 5.36. The van der Waals surface area contributed by atoms with Gasteiger partial charge in [-0.05, 0) is 32.1 Å². The van der Waals surface area contributed by atoms with Crippen molar-refractivity contribution in [3.8, 4) is 0 Å². The van der Waals surface area contributed by atoms with Crippen LogP contribution in [-0.2, 0) is 4.79 Å². The Morgan fingerprint density at radius 2 is 1.71 bits per heavy atom. The van der Waals surface area contributed by atoms with Crippen molar-refractivity contribution in [1.29, 1.82) is 0 Å². The number of carboxylic acid groups (broad SMARTS) is 1. The maximum Gasteiger partial charge on any atom is 0.303 e. The van der Waals surface area contributed by atoms with E-state index in [9.17, 15) is 15.0 Å². The Bertz CT molecular complexity index is 458. The van der Waals surface area contributed by atoms with Crippen LogP contribution in [0.3, 0.4) is 0 Å². The Morgan fingerprint density at radius 1 is 0.958 bits per heavy atom. The lowest BCUT2D eigenvalue weighted by molar-refractivity contribution is -0.137. The second kappa shape index (κ2) is 16.0. The third kappa shape index (κ3) is 16.5. The Kier molecular flexibility index (Phi) is 14.7. The molecule has 134 valence electrons. The van der Waals surface area contributed by atoms with Gasteiger partial charge in [0.1, 0.15) is 0 Å². The number of aliphatic carboxylic acids is 1. The van der Waals surface area contributed by atoms with Crippen molar-refractivity contribution >= 4 is 5.97 Å². The first-order valence-electron chi connectivity index (χ1n) is 8.45. The fourth-order valence-electron chi connectivity index (χ4n) is 1.80. The summed E-state index contributed by atoms with van der Waals surface area (Å²) < 4.78 is 0. The first-order chi connectivity index (χ1) is 11.6. The average Bonchev–Trinajstić information content (AvgIpc) is 2.54. The van der Waals surface area contributed by atoms with Crippen LogP contribution in [0, 0.1) is 0 Å². The van der Waals surface area contributed by atoms with Gasteiger partial charge in [0.15, 0.2) is 0 Å². The fourth-order valence-corrected chi connectivity index (χ4v) is 1.80. The number of allylic oxidation sites excluding steroid dienone is 6. The van der Waals surface area contributed by atoms with Crippen molar-refractivity contribution in [2.75, 3.05) is 0 Å². The van der Waals surface area contributed by atoms with Crippen molar-refractivity contribution in [2.24, 2.45) is 0 Å². The predicted molar refractivity (Wildman–Crippen MR) is 98.7 cm³/mol. The number of aliphatic hydroxyl groups excluding tert-OH is 2. The van der Waals surface area contributed by atoms with Gasteiger partial charge in [0, 0.05) is 6.42 Å². The van der Waals surface area contributed by atoms with Crippen molar-refractivity contribution in [1.82, 2.24) is 0 Å². The molecule has 24 heavy (non-hydrogen) atoms. The molecule has 0 aromatic carbocycles. The van der Waals surface area contributed by atoms with E-state index in [1.165, 1.54) is 0 Å². The van der Waals surface area contributed by atoms with Gasteiger partial charge in [-0.25, -0.2) is 0 Å². The molecule has 0 aliphatic heterocycles. The van der Waals surface area contributed by atoms with E-state index < -0.39 is 18.2 Å². The SMILES string of the molecule is CC/C=C\C/C=C\C(O)/C=C\C=C\C(O)C/C=C\CCCC(=O)O. The monoisotopic (exact) mass is 334 g/mol. The highest BCUT2D eigenvalue weighted by molar-refractivity contribution is 5.66. The average molecular weight is 334 g/mol. The summed E-state index contributed by atoms with van der Waals surface area (Å²) in [6, 6.07) is 0. The molecule has 0 fully saturated rings. The van der Waals surface area contributed by atoms with E-state index in [-0.39, 0.29) is 6.42 Å². The molecule has 4 heteroatoms. The fraction of sp³-hybridized carbons (Fsp3) is 0.450. The number of hydrogen-bond donors (Lipinski definition) is 3. The van der Waals surface area contributed by atoms with Gasteiger partial charge < -0.3 is 15.3 Å². The molecule has 0 saturated heterocycles. The van der Waals surface area contributed by atoms with Gasteiger partial charge in [-0.15, -0.1) is 0 Å². The van der Waals surface area contributed by atoms with Gasteiger partial charge >= 0.3 is 5.97 Å². The van der Waals surface area contributed by atoms with E-state index in [1.54, 1.807) is 30.4 Å². The van der Waals surface area contributed by atoms with Gasteiger partial charge in [-0.1, -0.05) is 67.7 Å². The van der Waals surface area contributed by atoms with Crippen LogP contribution in [0.4, 0.5) is 0 Å². The molecule has 3 N–H and O–H groups in total. The van der Waals surface area contributed by atoms with E-state index in [4.69, 9.17) is 5.11 Å². The van der Waals surface area contributed by atoms with Gasteiger partial charge in [0.25, 0.3) is 0 Å². The maximum absolute atomic E-state index is 10.3. The summed E-state index contributed by atoms with van der Waals surface area (Å²) in [5.41, 5.74) is 0. The molecule has 0 amide bonds. The van der Waals surface area contributed by atoms with Crippen molar-refractivity contribution in [3.05, 3.63) is 60.8 Å². The van der Waals surface area contributed by atoms with E-state index >= 15 is 0 Å². The molecule has 0 rings (SSSR count). The largest absolute Gasteiger partial charge is 0.481 e. The van der Waals surface area contributed by atoms with E-state index in [2.05, 4.69) is 19.1 Å². The highest BCUT2D eigenvalue weighted by atomic mass is 16.4. The molecule has 0 bridgehead atoms. The summed E-state index contributed by atoms with van der Waals surface area (Å²) >= 11 is 0. The molecule has 4 nitrogen and oxygen atoms in total. The first kappa shape index (κ1) is 22.1. The lowest BCUT2D eigenvalue weighted by atomic mass is 10.2. The highest BCUT2D eigenvalue weighted by Crippen LogP contribution is 2.01. The summed E-state index contributed by atoms with van der Waals surface area (Å²) in [5, 5.41) is 27.9. The minimum absolute atomic E-state index is 0.170. The molecule has 0 heterocycles. The van der Waals surface area contributed by atoms with Crippen LogP contribution in [0.2, 0.25) is 0 Å². The molecule has 0 saturated carbocycles. The van der Waals surface area contributed by atoms with Crippen LogP contribution in [-0.4, -0.2) is 33.5 Å². The van der Waals surface area contributed by atoms with Crippen LogP contribution in [0.1, 0.15) is 45.4 Å². The molecular formula is C20H30O4. The van der Waals surface area contributed by atoms with Gasteiger partial charge in [0.2, 0.25) is 0 Å². The normalized spacial score (nSPS) is 15.5. The van der Waals surface area contributed by atoms with Gasteiger partial charge in [0.05, 0.1) is 12.2 Å². The molecule has 0 aromatic rings. The standard InChI is InChI=1S/C20H30O4/c1-2-3-4-5-8-13-18(21)15-11-12-16-19(22)14-9-6-7-10-17-20(23)24/h3-4,6,8-9,11-13,15-16,18-19,21-22H,2,5,7,10,14,17H2,1H3,(H,23,24)/b4-3-,9-6-,13-8-,15-11-,16-12+. The lowest BCUT2D eigenvalue weighted by Crippen LogP contribution is -1.99. The van der Waals surface area contributed by atoms with Crippen molar-refractivity contribution in [2.45, 2.75) is 57.7 Å². The molecular weight excluding hydrogens is 304 g/mol. The summed E-state index contributed by atoms with van der Waals surface area (Å²) in [5.74, 6) is -0.785. The minimum Gasteiger partial charge on any atom is -0.481 e. The Balaban J connectivity index is 3.88. The van der Waals surface area contributed by atoms with Crippen LogP contribution in [0.5, 0.6) is 0 Å². The molecule has 0 aliphatic carbocycles. The van der Waals surface area contributed by atoms with Crippen LogP contribution in [0.25, 0.3) is 0 Å². The van der Waals surface area contributed by atoms with E-state index in [1.807, 2.05) is 18.2 Å². The summed E-state index contributed by atoms with van der Waals surface area (Å²) in [6.07, 6.45) is 20.8. The lowest BCUT2D eigenvalue weighted by Gasteiger charge is -1.99. The topological polar surface area (TPSA) is 77.8 Å². The van der Waals surface area contributed by atoms with Crippen LogP contribution in [0.15, 0.2) is 60.8 Å². The second-order valence-electron chi connectivity index (χ2n) is 5.36. The highest BCUT2D eigenvalue weighted by Gasteiger charge is 1.95. The summed E-state index contributed by atoms with van der Waals surface area (Å²) in [6.45, 7) is 2.08. The maximum atomic E-state index is 10.3. The predicted octanol–water partition coefficient (Wildman–Crippen LogP) is 3.93. The molecule has 0 aromatic heterocycles. The Morgan fingerprint density at radius 3 is 2.42 bits per heavy atom. The van der Waals surface area contributed by atoms with Crippen molar-refractivity contribution in [3.63, 3.8) is 0 Å². The van der Waals surface area contributed by atoms with Crippen LogP contribution < -0.4 is 0 Å². The zero-order chi connectivity index (χ0) is 18.0. The van der Waals surface area contributed by atoms with Crippen molar-refractivity contribution < 1.29 is 20.1 Å². The molecule has 2 atom stereocenters. The molecule has 2 unspecified atom stereocenters. The van der Waals surface area contributed by atoms with E-state index in [0.29, 0.717) is 19.3 Å². The first-order valence-corrected chi connectivity index (χ1v) is 8.45. The molecule has 0 spiro atoms. The number of rotatable bonds is 13. The number of hydrogen-bond acceptors (Lipinski definition) is 3. The number of unbranched alkanes of at least 4 members (excludes halogenated alkanes) is 1. The van der Waals surface area contributed by atoms with E-state index in [0.717, 1.165) is 12.8 Å². The third-order valence-electron chi connectivity index (χ3n) is 3.07. The summed E-state index contributed by atoms with van der Waals surface area (Å²) in [7, 11) is 0. The van der Waals surface area contributed by atoms with Gasteiger partial charge in [-0.2, -0.15) is 0 Å². The number of aliphatic hydroxyl groups is 2. The number of carbonyl (C=O) groups is 1. The number of carboxylic acids is 1. The molecule has 0 radical (unpaired) electrons. The van der Waals surface area contributed by atoms with Crippen LogP contribution >= 0.6 is 0 Å². The molecule has 0 aliphatic rings.